The molecule has 0 aromatic carbocycles. The molecule has 2 aliphatic rings. The van der Waals surface area contributed by atoms with Gasteiger partial charge in [0.05, 0.1) is 12.9 Å². The van der Waals surface area contributed by atoms with Crippen molar-refractivity contribution in [3.8, 4) is 0 Å². The van der Waals surface area contributed by atoms with E-state index in [1.807, 2.05) is 12.1 Å². The summed E-state index contributed by atoms with van der Waals surface area (Å²) < 4.78 is 11.4. The summed E-state index contributed by atoms with van der Waals surface area (Å²) in [5, 5.41) is 2.91. The van der Waals surface area contributed by atoms with Crippen molar-refractivity contribution in [3.63, 3.8) is 0 Å². The Balaban J connectivity index is 1.54. The highest BCUT2D eigenvalue weighted by molar-refractivity contribution is 5.96. The highest BCUT2D eigenvalue weighted by Gasteiger charge is 2.53. The third-order valence-electron chi connectivity index (χ3n) is 5.34. The average Bonchev–Trinajstić information content (AvgIpc) is 3.36. The first kappa shape index (κ1) is 17.7. The quantitative estimate of drug-likeness (QED) is 0.895. The van der Waals surface area contributed by atoms with Crippen LogP contribution in [0.4, 0.5) is 0 Å². The van der Waals surface area contributed by atoms with Crippen LogP contribution in [0.3, 0.4) is 0 Å². The van der Waals surface area contributed by atoms with Crippen molar-refractivity contribution in [1.82, 2.24) is 15.2 Å². The maximum Gasteiger partial charge on any atom is 0.292 e. The third-order valence-corrected chi connectivity index (χ3v) is 5.34. The van der Waals surface area contributed by atoms with Crippen LogP contribution in [0.25, 0.3) is 0 Å². The molecule has 2 fully saturated rings. The molecule has 2 aromatic rings. The Hall–Kier alpha value is -2.67. The van der Waals surface area contributed by atoms with E-state index in [1.165, 1.54) is 6.26 Å². The van der Waals surface area contributed by atoms with Crippen LogP contribution in [-0.4, -0.2) is 40.1 Å². The number of amides is 2. The fourth-order valence-corrected chi connectivity index (χ4v) is 4.00. The zero-order valence-corrected chi connectivity index (χ0v) is 15.1. The molecule has 1 N–H and O–H groups in total. The lowest BCUT2D eigenvalue weighted by Gasteiger charge is -2.41. The molecular formula is C20H23N3O4. The Bertz CT molecular complexity index is 785. The minimum Gasteiger partial charge on any atom is -0.459 e. The van der Waals surface area contributed by atoms with Gasteiger partial charge in [-0.1, -0.05) is 12.5 Å². The molecule has 1 spiro atoms. The Morgan fingerprint density at radius 2 is 2.07 bits per heavy atom. The number of ether oxygens (including phenoxy) is 1. The number of carbonyl (C=O) groups is 2. The maximum atomic E-state index is 13.1. The monoisotopic (exact) mass is 369 g/mol. The molecule has 0 bridgehead atoms. The van der Waals surface area contributed by atoms with Crippen molar-refractivity contribution in [2.75, 3.05) is 6.61 Å². The number of carbonyl (C=O) groups excluding carboxylic acids is 2. The Morgan fingerprint density at radius 3 is 2.78 bits per heavy atom. The maximum absolute atomic E-state index is 13.1. The molecule has 1 saturated carbocycles. The Labute approximate surface area is 157 Å². The fraction of sp³-hybridized carbons (Fsp3) is 0.450. The molecular weight excluding hydrogens is 346 g/mol. The van der Waals surface area contributed by atoms with Crippen LogP contribution in [0.1, 0.15) is 48.2 Å². The van der Waals surface area contributed by atoms with Crippen molar-refractivity contribution in [3.05, 3.63) is 54.2 Å². The van der Waals surface area contributed by atoms with E-state index in [2.05, 4.69) is 10.3 Å². The third kappa shape index (κ3) is 3.47. The van der Waals surface area contributed by atoms with Crippen LogP contribution < -0.4 is 5.32 Å². The molecule has 4 rings (SSSR count). The summed E-state index contributed by atoms with van der Waals surface area (Å²) in [5.74, 6) is -0.280. The van der Waals surface area contributed by atoms with E-state index < -0.39 is 11.8 Å². The predicted molar refractivity (Wildman–Crippen MR) is 96.5 cm³/mol. The van der Waals surface area contributed by atoms with Gasteiger partial charge in [-0.25, -0.2) is 0 Å². The minimum atomic E-state index is -0.710. The highest BCUT2D eigenvalue weighted by Crippen LogP contribution is 2.41. The van der Waals surface area contributed by atoms with E-state index in [-0.39, 0.29) is 24.2 Å². The van der Waals surface area contributed by atoms with Crippen LogP contribution in [-0.2, 0) is 16.1 Å². The van der Waals surface area contributed by atoms with Crippen LogP contribution in [0.2, 0.25) is 0 Å². The molecule has 1 unspecified atom stereocenters. The number of hydrogen-bond acceptors (Lipinski definition) is 5. The second-order valence-corrected chi connectivity index (χ2v) is 7.07. The second kappa shape index (κ2) is 7.52. The standard InChI is InChI=1S/C20H23N3O4/c24-18(22-13-15-6-4-10-21-12-15)16-14-27-20(8-2-1-3-9-20)23(16)19(25)17-7-5-11-26-17/h4-7,10-12,16H,1-3,8-9,13-14H2,(H,22,24). The molecule has 3 heterocycles. The molecule has 1 saturated heterocycles. The molecule has 7 nitrogen and oxygen atoms in total. The predicted octanol–water partition coefficient (Wildman–Crippen LogP) is 2.49. The molecule has 1 aliphatic carbocycles. The van der Waals surface area contributed by atoms with Gasteiger partial charge in [0.25, 0.3) is 5.91 Å². The van der Waals surface area contributed by atoms with Crippen molar-refractivity contribution in [2.24, 2.45) is 0 Å². The molecule has 7 heteroatoms. The number of nitrogens with one attached hydrogen (secondary N) is 1. The van der Waals surface area contributed by atoms with Crippen molar-refractivity contribution in [2.45, 2.75) is 50.4 Å². The number of hydrogen-bond donors (Lipinski definition) is 1. The van der Waals surface area contributed by atoms with E-state index in [4.69, 9.17) is 9.15 Å². The topological polar surface area (TPSA) is 84.7 Å². The Morgan fingerprint density at radius 1 is 1.22 bits per heavy atom. The lowest BCUT2D eigenvalue weighted by atomic mass is 9.90. The van der Waals surface area contributed by atoms with Gasteiger partial charge in [-0.2, -0.15) is 0 Å². The van der Waals surface area contributed by atoms with Gasteiger partial charge in [-0.05, 0) is 49.4 Å². The normalized spacial score (nSPS) is 21.3. The first-order valence-corrected chi connectivity index (χ1v) is 9.37. The molecule has 2 aromatic heterocycles. The van der Waals surface area contributed by atoms with Gasteiger partial charge in [0.15, 0.2) is 5.76 Å². The number of furan rings is 1. The summed E-state index contributed by atoms with van der Waals surface area (Å²) in [7, 11) is 0. The van der Waals surface area contributed by atoms with Crippen molar-refractivity contribution >= 4 is 11.8 Å². The molecule has 27 heavy (non-hydrogen) atoms. The average molecular weight is 369 g/mol. The molecule has 0 radical (unpaired) electrons. The number of aromatic nitrogens is 1. The summed E-state index contributed by atoms with van der Waals surface area (Å²) in [4.78, 5) is 31.7. The lowest BCUT2D eigenvalue weighted by molar-refractivity contribution is -0.127. The van der Waals surface area contributed by atoms with Gasteiger partial charge < -0.3 is 14.5 Å². The summed E-state index contributed by atoms with van der Waals surface area (Å²) in [5.41, 5.74) is 0.194. The van der Waals surface area contributed by atoms with Crippen LogP contribution in [0.15, 0.2) is 47.3 Å². The van der Waals surface area contributed by atoms with Gasteiger partial charge in [-0.15, -0.1) is 0 Å². The number of rotatable bonds is 4. The van der Waals surface area contributed by atoms with Crippen LogP contribution >= 0.6 is 0 Å². The van der Waals surface area contributed by atoms with Crippen LogP contribution in [0, 0.1) is 0 Å². The smallest absolute Gasteiger partial charge is 0.292 e. The summed E-state index contributed by atoms with van der Waals surface area (Å²) >= 11 is 0. The summed E-state index contributed by atoms with van der Waals surface area (Å²) in [6.45, 7) is 0.560. The first-order valence-electron chi connectivity index (χ1n) is 9.37. The van der Waals surface area contributed by atoms with Crippen molar-refractivity contribution < 1.29 is 18.7 Å². The van der Waals surface area contributed by atoms with Crippen molar-refractivity contribution in [1.29, 1.82) is 0 Å². The van der Waals surface area contributed by atoms with Crippen LogP contribution in [0.5, 0.6) is 0 Å². The largest absolute Gasteiger partial charge is 0.459 e. The van der Waals surface area contributed by atoms with Gasteiger partial charge in [0.1, 0.15) is 11.8 Å². The van der Waals surface area contributed by atoms with Gasteiger partial charge in [-0.3, -0.25) is 19.5 Å². The molecule has 1 aliphatic heterocycles. The van der Waals surface area contributed by atoms with E-state index >= 15 is 0 Å². The minimum absolute atomic E-state index is 0.200. The summed E-state index contributed by atoms with van der Waals surface area (Å²) in [6.07, 6.45) is 9.42. The lowest BCUT2D eigenvalue weighted by Crippen LogP contribution is -2.56. The Kier molecular flexibility index (Phi) is 4.94. The molecule has 142 valence electrons. The van der Waals surface area contributed by atoms with Gasteiger partial charge >= 0.3 is 0 Å². The SMILES string of the molecule is O=C(NCc1cccnc1)C1COC2(CCCCC2)N1C(=O)c1ccco1. The van der Waals surface area contributed by atoms with Gasteiger partial charge in [0, 0.05) is 18.9 Å². The van der Waals surface area contributed by atoms with E-state index in [1.54, 1.807) is 29.4 Å². The summed E-state index contributed by atoms with van der Waals surface area (Å²) in [6, 6.07) is 6.35. The zero-order valence-electron chi connectivity index (χ0n) is 15.1. The molecule has 1 atom stereocenters. The zero-order chi connectivity index (χ0) is 18.7. The van der Waals surface area contributed by atoms with E-state index in [0.717, 1.165) is 37.7 Å². The van der Waals surface area contributed by atoms with Gasteiger partial charge in [0.2, 0.25) is 5.91 Å². The first-order chi connectivity index (χ1) is 13.2. The highest BCUT2D eigenvalue weighted by atomic mass is 16.5. The molecule has 2 amide bonds. The fourth-order valence-electron chi connectivity index (χ4n) is 4.00. The number of pyridine rings is 1. The number of nitrogens with zero attached hydrogens (tertiary/aromatic N) is 2. The van der Waals surface area contributed by atoms with E-state index in [9.17, 15) is 9.59 Å². The second-order valence-electron chi connectivity index (χ2n) is 7.07. The van der Waals surface area contributed by atoms with E-state index in [0.29, 0.717) is 6.54 Å².